The Morgan fingerprint density at radius 3 is 2.48 bits per heavy atom. The second kappa shape index (κ2) is 10.1. The van der Waals surface area contributed by atoms with E-state index in [1.54, 1.807) is 61.9 Å². The zero-order chi connectivity index (χ0) is 22.4. The van der Waals surface area contributed by atoms with Gasteiger partial charge in [0, 0.05) is 43.3 Å². The third kappa shape index (κ3) is 5.87. The first kappa shape index (κ1) is 22.4. The highest BCUT2D eigenvalue weighted by Crippen LogP contribution is 2.19. The molecule has 8 heteroatoms. The van der Waals surface area contributed by atoms with Gasteiger partial charge in [-0.3, -0.25) is 14.6 Å². The molecule has 0 fully saturated rings. The van der Waals surface area contributed by atoms with Crippen LogP contribution in [0.15, 0.2) is 67.0 Å². The summed E-state index contributed by atoms with van der Waals surface area (Å²) >= 11 is 5.77. The van der Waals surface area contributed by atoms with E-state index in [9.17, 15) is 14.0 Å². The molecular weight excluding hydrogens is 419 g/mol. The summed E-state index contributed by atoms with van der Waals surface area (Å²) in [5.74, 6) is -1.11. The van der Waals surface area contributed by atoms with Crippen molar-refractivity contribution < 1.29 is 14.0 Å². The van der Waals surface area contributed by atoms with E-state index in [0.717, 1.165) is 5.56 Å². The molecular formula is C23H22ClFN4O2. The fourth-order valence-corrected chi connectivity index (χ4v) is 3.20. The quantitative estimate of drug-likeness (QED) is 0.584. The highest BCUT2D eigenvalue weighted by Gasteiger charge is 2.17. The van der Waals surface area contributed by atoms with Crippen molar-refractivity contribution in [1.29, 1.82) is 0 Å². The molecule has 1 atom stereocenters. The topological polar surface area (TPSA) is 88.3 Å². The lowest BCUT2D eigenvalue weighted by atomic mass is 10.0. The fraction of sp³-hybridized carbons (Fsp3) is 0.174. The molecule has 0 bridgehead atoms. The number of hydrogen-bond donors (Lipinski definition) is 2. The number of carbonyl (C=O) groups excluding carboxylic acids is 2. The molecule has 0 saturated heterocycles. The number of hydrogen-bond acceptors (Lipinski definition) is 4. The Balaban J connectivity index is 1.58. The maximum absolute atomic E-state index is 14.0. The first-order valence-electron chi connectivity index (χ1n) is 9.59. The third-order valence-corrected chi connectivity index (χ3v) is 5.10. The molecule has 0 radical (unpaired) electrons. The molecule has 1 heterocycles. The van der Waals surface area contributed by atoms with Gasteiger partial charge in [-0.05, 0) is 41.5 Å². The van der Waals surface area contributed by atoms with Gasteiger partial charge in [0.2, 0.25) is 5.91 Å². The van der Waals surface area contributed by atoms with Crippen molar-refractivity contribution in [2.45, 2.75) is 12.5 Å². The van der Waals surface area contributed by atoms with Crippen LogP contribution in [0.1, 0.15) is 27.5 Å². The predicted octanol–water partition coefficient (Wildman–Crippen LogP) is 3.83. The van der Waals surface area contributed by atoms with Crippen LogP contribution in [0.3, 0.4) is 0 Å². The van der Waals surface area contributed by atoms with Crippen LogP contribution in [0.25, 0.3) is 0 Å². The zero-order valence-corrected chi connectivity index (χ0v) is 17.6. The number of benzene rings is 2. The molecule has 160 valence electrons. The molecule has 1 unspecified atom stereocenters. The van der Waals surface area contributed by atoms with E-state index in [4.69, 9.17) is 17.3 Å². The molecule has 3 aromatic rings. The van der Waals surface area contributed by atoms with Gasteiger partial charge in [-0.1, -0.05) is 35.9 Å². The van der Waals surface area contributed by atoms with E-state index in [1.165, 1.54) is 17.0 Å². The lowest BCUT2D eigenvalue weighted by Gasteiger charge is -2.22. The number of halogens is 2. The van der Waals surface area contributed by atoms with Crippen LogP contribution in [0.4, 0.5) is 10.1 Å². The summed E-state index contributed by atoms with van der Waals surface area (Å²) in [5, 5.41) is 2.77. The molecule has 0 aliphatic carbocycles. The average molecular weight is 441 g/mol. The van der Waals surface area contributed by atoms with Crippen molar-refractivity contribution in [3.05, 3.63) is 94.5 Å². The number of anilines is 1. The van der Waals surface area contributed by atoms with Crippen LogP contribution < -0.4 is 11.1 Å². The predicted molar refractivity (Wildman–Crippen MR) is 118 cm³/mol. The summed E-state index contributed by atoms with van der Waals surface area (Å²) in [5.41, 5.74) is 8.38. The van der Waals surface area contributed by atoms with Crippen LogP contribution in [0, 0.1) is 5.82 Å². The van der Waals surface area contributed by atoms with Crippen molar-refractivity contribution in [3.63, 3.8) is 0 Å². The van der Waals surface area contributed by atoms with Crippen LogP contribution in [0.5, 0.6) is 0 Å². The summed E-state index contributed by atoms with van der Waals surface area (Å²) in [6.45, 7) is 0.240. The van der Waals surface area contributed by atoms with Gasteiger partial charge in [-0.25, -0.2) is 4.39 Å². The van der Waals surface area contributed by atoms with Gasteiger partial charge < -0.3 is 16.0 Å². The number of pyridine rings is 1. The number of likely N-dealkylation sites (N-methyl/N-ethyl adjacent to an activating group) is 1. The van der Waals surface area contributed by atoms with Crippen LogP contribution in [-0.4, -0.2) is 35.3 Å². The fourth-order valence-electron chi connectivity index (χ4n) is 3.01. The lowest BCUT2D eigenvalue weighted by Crippen LogP contribution is -2.35. The molecule has 6 nitrogen and oxygen atoms in total. The molecule has 0 spiro atoms. The first-order valence-corrected chi connectivity index (χ1v) is 9.96. The summed E-state index contributed by atoms with van der Waals surface area (Å²) in [6.07, 6.45) is 3.08. The molecule has 2 aromatic carbocycles. The minimum Gasteiger partial charge on any atom is -0.344 e. The standard InChI is InChI=1S/C23H22ClFN4O2/c1-29(21(30)13-17-3-2-4-19(24)22(17)25)14-20(26)15-5-7-16(8-6-15)23(31)28-18-9-11-27-12-10-18/h2-12,20H,13-14,26H2,1H3,(H,27,28,31). The number of nitrogens with one attached hydrogen (secondary N) is 1. The van der Waals surface area contributed by atoms with Gasteiger partial charge in [0.1, 0.15) is 5.82 Å². The Bertz CT molecular complexity index is 1060. The number of rotatable bonds is 7. The molecule has 3 rings (SSSR count). The van der Waals surface area contributed by atoms with Crippen LogP contribution in [0.2, 0.25) is 5.02 Å². The SMILES string of the molecule is CN(CC(N)c1ccc(C(=O)Nc2ccncc2)cc1)C(=O)Cc1cccc(Cl)c1F. The second-order valence-electron chi connectivity index (χ2n) is 7.08. The smallest absolute Gasteiger partial charge is 0.255 e. The Hall–Kier alpha value is -3.29. The first-order chi connectivity index (χ1) is 14.8. The Labute approximate surface area is 184 Å². The van der Waals surface area contributed by atoms with Crippen molar-refractivity contribution in [3.8, 4) is 0 Å². The third-order valence-electron chi connectivity index (χ3n) is 4.81. The van der Waals surface area contributed by atoms with Gasteiger partial charge in [0.05, 0.1) is 11.4 Å². The van der Waals surface area contributed by atoms with Gasteiger partial charge in [-0.15, -0.1) is 0 Å². The van der Waals surface area contributed by atoms with Crippen molar-refractivity contribution >= 4 is 29.1 Å². The van der Waals surface area contributed by atoms with Gasteiger partial charge in [0.25, 0.3) is 5.91 Å². The minimum absolute atomic E-state index is 0.0160. The maximum atomic E-state index is 14.0. The lowest BCUT2D eigenvalue weighted by molar-refractivity contribution is -0.129. The Morgan fingerprint density at radius 1 is 1.13 bits per heavy atom. The van der Waals surface area contributed by atoms with Gasteiger partial charge >= 0.3 is 0 Å². The Kier molecular flexibility index (Phi) is 7.33. The molecule has 0 aliphatic rings. The van der Waals surface area contributed by atoms with Gasteiger partial charge in [-0.2, -0.15) is 0 Å². The van der Waals surface area contributed by atoms with Crippen molar-refractivity contribution in [2.75, 3.05) is 18.9 Å². The van der Waals surface area contributed by atoms with Crippen molar-refractivity contribution in [2.24, 2.45) is 5.73 Å². The number of carbonyl (C=O) groups is 2. The molecule has 2 amide bonds. The summed E-state index contributed by atoms with van der Waals surface area (Å²) in [7, 11) is 1.61. The van der Waals surface area contributed by atoms with E-state index in [1.807, 2.05) is 0 Å². The van der Waals surface area contributed by atoms with E-state index < -0.39 is 11.9 Å². The normalized spacial score (nSPS) is 11.6. The molecule has 1 aromatic heterocycles. The Morgan fingerprint density at radius 2 is 1.81 bits per heavy atom. The molecule has 0 saturated carbocycles. The molecule has 3 N–H and O–H groups in total. The van der Waals surface area contributed by atoms with E-state index in [2.05, 4.69) is 10.3 Å². The highest BCUT2D eigenvalue weighted by atomic mass is 35.5. The van der Waals surface area contributed by atoms with Crippen molar-refractivity contribution in [1.82, 2.24) is 9.88 Å². The van der Waals surface area contributed by atoms with E-state index >= 15 is 0 Å². The highest BCUT2D eigenvalue weighted by molar-refractivity contribution is 6.30. The van der Waals surface area contributed by atoms with E-state index in [0.29, 0.717) is 11.3 Å². The van der Waals surface area contributed by atoms with E-state index in [-0.39, 0.29) is 35.4 Å². The molecule has 31 heavy (non-hydrogen) atoms. The summed E-state index contributed by atoms with van der Waals surface area (Å²) in [6, 6.07) is 14.4. The number of nitrogens with two attached hydrogens (primary N) is 1. The number of nitrogens with zero attached hydrogens (tertiary/aromatic N) is 2. The largest absolute Gasteiger partial charge is 0.344 e. The summed E-state index contributed by atoms with van der Waals surface area (Å²) in [4.78, 5) is 30.2. The van der Waals surface area contributed by atoms with Crippen LogP contribution >= 0.6 is 11.6 Å². The monoisotopic (exact) mass is 440 g/mol. The number of amides is 2. The van der Waals surface area contributed by atoms with Crippen LogP contribution in [-0.2, 0) is 11.2 Å². The zero-order valence-electron chi connectivity index (χ0n) is 16.9. The minimum atomic E-state index is -0.587. The maximum Gasteiger partial charge on any atom is 0.255 e. The number of aromatic nitrogens is 1. The molecule has 0 aliphatic heterocycles. The summed E-state index contributed by atoms with van der Waals surface area (Å²) < 4.78 is 14.0. The average Bonchev–Trinajstić information content (AvgIpc) is 2.77. The second-order valence-corrected chi connectivity index (χ2v) is 7.49. The van der Waals surface area contributed by atoms with Gasteiger partial charge in [0.15, 0.2) is 0 Å².